The van der Waals surface area contributed by atoms with E-state index in [1.165, 1.54) is 12.8 Å². The first-order valence-corrected chi connectivity index (χ1v) is 6.17. The number of ether oxygens (including phenoxy) is 1. The normalized spacial score (nSPS) is 36.4. The van der Waals surface area contributed by atoms with Gasteiger partial charge < -0.3 is 9.84 Å². The van der Waals surface area contributed by atoms with Gasteiger partial charge in [-0.3, -0.25) is 9.69 Å². The summed E-state index contributed by atoms with van der Waals surface area (Å²) in [6, 6.07) is 0. The largest absolute Gasteiger partial charge is 0.481 e. The monoisotopic (exact) mass is 227 g/mol. The van der Waals surface area contributed by atoms with E-state index in [2.05, 4.69) is 4.90 Å². The van der Waals surface area contributed by atoms with Crippen molar-refractivity contribution >= 4 is 5.97 Å². The number of hydrogen-bond acceptors (Lipinski definition) is 3. The van der Waals surface area contributed by atoms with Crippen LogP contribution < -0.4 is 0 Å². The minimum atomic E-state index is -0.667. The van der Waals surface area contributed by atoms with Gasteiger partial charge in [0.05, 0.1) is 11.5 Å². The Morgan fingerprint density at radius 3 is 2.94 bits per heavy atom. The SMILES string of the molecule is CC1(C(=O)O)CCN(CC2CCCCO2)C1. The van der Waals surface area contributed by atoms with Crippen molar-refractivity contribution in [3.63, 3.8) is 0 Å². The zero-order chi connectivity index (χ0) is 11.6. The molecule has 0 aromatic heterocycles. The van der Waals surface area contributed by atoms with Crippen molar-refractivity contribution in [2.75, 3.05) is 26.2 Å². The summed E-state index contributed by atoms with van der Waals surface area (Å²) in [5.41, 5.74) is -0.547. The number of carboxylic acids is 1. The van der Waals surface area contributed by atoms with Gasteiger partial charge in [-0.15, -0.1) is 0 Å². The Kier molecular flexibility index (Phi) is 3.50. The van der Waals surface area contributed by atoms with E-state index in [1.54, 1.807) is 0 Å². The highest BCUT2D eigenvalue weighted by Gasteiger charge is 2.40. The lowest BCUT2D eigenvalue weighted by molar-refractivity contribution is -0.147. The van der Waals surface area contributed by atoms with Crippen LogP contribution in [0.25, 0.3) is 0 Å². The van der Waals surface area contributed by atoms with Crippen LogP contribution in [0.15, 0.2) is 0 Å². The average molecular weight is 227 g/mol. The van der Waals surface area contributed by atoms with E-state index < -0.39 is 11.4 Å². The molecule has 0 radical (unpaired) electrons. The molecular formula is C12H21NO3. The van der Waals surface area contributed by atoms with Gasteiger partial charge in [0.25, 0.3) is 0 Å². The van der Waals surface area contributed by atoms with Gasteiger partial charge in [0, 0.05) is 19.7 Å². The molecule has 16 heavy (non-hydrogen) atoms. The summed E-state index contributed by atoms with van der Waals surface area (Å²) in [5, 5.41) is 9.14. The molecule has 2 aliphatic rings. The number of carbonyl (C=O) groups is 1. The van der Waals surface area contributed by atoms with Crippen LogP contribution in [0.3, 0.4) is 0 Å². The predicted octanol–water partition coefficient (Wildman–Crippen LogP) is 1.35. The molecule has 1 N–H and O–H groups in total. The Balaban J connectivity index is 1.82. The third-order valence-electron chi connectivity index (χ3n) is 3.80. The van der Waals surface area contributed by atoms with Crippen molar-refractivity contribution in [3.05, 3.63) is 0 Å². The maximum absolute atomic E-state index is 11.1. The number of aliphatic carboxylic acids is 1. The first kappa shape index (κ1) is 11.9. The molecule has 2 atom stereocenters. The summed E-state index contributed by atoms with van der Waals surface area (Å²) in [7, 11) is 0. The lowest BCUT2D eigenvalue weighted by Gasteiger charge is -2.28. The van der Waals surface area contributed by atoms with Crippen LogP contribution in [0.1, 0.15) is 32.6 Å². The maximum atomic E-state index is 11.1. The summed E-state index contributed by atoms with van der Waals surface area (Å²) in [6.45, 7) is 5.18. The van der Waals surface area contributed by atoms with E-state index in [1.807, 2.05) is 6.92 Å². The molecule has 0 saturated carbocycles. The second-order valence-electron chi connectivity index (χ2n) is 5.34. The highest BCUT2D eigenvalue weighted by Crippen LogP contribution is 2.30. The average Bonchev–Trinajstić information content (AvgIpc) is 2.63. The standard InChI is InChI=1S/C12H21NO3/c1-12(11(14)15)5-6-13(9-12)8-10-4-2-3-7-16-10/h10H,2-9H2,1H3,(H,14,15). The van der Waals surface area contributed by atoms with Crippen molar-refractivity contribution in [1.82, 2.24) is 4.90 Å². The molecule has 2 unspecified atom stereocenters. The van der Waals surface area contributed by atoms with Crippen molar-refractivity contribution in [1.29, 1.82) is 0 Å². The molecule has 2 rings (SSSR count). The smallest absolute Gasteiger partial charge is 0.310 e. The van der Waals surface area contributed by atoms with Crippen LogP contribution in [-0.2, 0) is 9.53 Å². The molecule has 0 bridgehead atoms. The Labute approximate surface area is 96.6 Å². The highest BCUT2D eigenvalue weighted by atomic mass is 16.5. The number of likely N-dealkylation sites (tertiary alicyclic amines) is 1. The predicted molar refractivity (Wildman–Crippen MR) is 60.4 cm³/mol. The van der Waals surface area contributed by atoms with E-state index in [4.69, 9.17) is 9.84 Å². The molecule has 2 aliphatic heterocycles. The lowest BCUT2D eigenvalue weighted by Crippen LogP contribution is -2.37. The molecule has 0 aromatic carbocycles. The van der Waals surface area contributed by atoms with Gasteiger partial charge >= 0.3 is 5.97 Å². The molecular weight excluding hydrogens is 206 g/mol. The number of nitrogens with zero attached hydrogens (tertiary/aromatic N) is 1. The minimum Gasteiger partial charge on any atom is -0.481 e. The van der Waals surface area contributed by atoms with Crippen molar-refractivity contribution in [2.45, 2.75) is 38.7 Å². The second kappa shape index (κ2) is 4.72. The molecule has 0 spiro atoms. The molecule has 92 valence electrons. The van der Waals surface area contributed by atoms with Gasteiger partial charge in [-0.05, 0) is 39.2 Å². The summed E-state index contributed by atoms with van der Waals surface area (Å²) < 4.78 is 5.68. The molecule has 2 heterocycles. The fourth-order valence-electron chi connectivity index (χ4n) is 2.63. The van der Waals surface area contributed by atoms with E-state index in [-0.39, 0.29) is 0 Å². The molecule has 0 amide bonds. The summed E-state index contributed by atoms with van der Waals surface area (Å²) in [6.07, 6.45) is 4.62. The van der Waals surface area contributed by atoms with E-state index in [0.717, 1.165) is 32.5 Å². The fourth-order valence-corrected chi connectivity index (χ4v) is 2.63. The molecule has 4 nitrogen and oxygen atoms in total. The van der Waals surface area contributed by atoms with Gasteiger partial charge in [0.1, 0.15) is 0 Å². The number of rotatable bonds is 3. The number of carboxylic acid groups (broad SMARTS) is 1. The van der Waals surface area contributed by atoms with Crippen molar-refractivity contribution in [3.8, 4) is 0 Å². The third-order valence-corrected chi connectivity index (χ3v) is 3.80. The maximum Gasteiger partial charge on any atom is 0.310 e. The second-order valence-corrected chi connectivity index (χ2v) is 5.34. The van der Waals surface area contributed by atoms with Crippen LogP contribution in [0, 0.1) is 5.41 Å². The zero-order valence-electron chi connectivity index (χ0n) is 9.95. The third kappa shape index (κ3) is 2.55. The topological polar surface area (TPSA) is 49.8 Å². The van der Waals surface area contributed by atoms with E-state index >= 15 is 0 Å². The number of hydrogen-bond donors (Lipinski definition) is 1. The minimum absolute atomic E-state index is 0.324. The Morgan fingerprint density at radius 2 is 2.38 bits per heavy atom. The summed E-state index contributed by atoms with van der Waals surface area (Å²) >= 11 is 0. The first-order valence-electron chi connectivity index (χ1n) is 6.17. The van der Waals surface area contributed by atoms with Crippen LogP contribution in [-0.4, -0.2) is 48.3 Å². The van der Waals surface area contributed by atoms with Gasteiger partial charge in [0.15, 0.2) is 0 Å². The lowest BCUT2D eigenvalue weighted by atomic mass is 9.90. The Hall–Kier alpha value is -0.610. The fraction of sp³-hybridized carbons (Fsp3) is 0.917. The molecule has 0 aromatic rings. The van der Waals surface area contributed by atoms with Crippen LogP contribution in [0.2, 0.25) is 0 Å². The van der Waals surface area contributed by atoms with E-state index in [9.17, 15) is 4.79 Å². The first-order chi connectivity index (χ1) is 7.60. The highest BCUT2D eigenvalue weighted by molar-refractivity contribution is 5.74. The molecule has 2 fully saturated rings. The summed E-state index contributed by atoms with van der Waals surface area (Å²) in [4.78, 5) is 13.3. The quantitative estimate of drug-likeness (QED) is 0.790. The van der Waals surface area contributed by atoms with Crippen molar-refractivity contribution < 1.29 is 14.6 Å². The van der Waals surface area contributed by atoms with Crippen LogP contribution >= 0.6 is 0 Å². The van der Waals surface area contributed by atoms with Gasteiger partial charge in [-0.1, -0.05) is 0 Å². The van der Waals surface area contributed by atoms with Gasteiger partial charge in [0.2, 0.25) is 0 Å². The molecule has 4 heteroatoms. The van der Waals surface area contributed by atoms with E-state index in [0.29, 0.717) is 12.6 Å². The summed E-state index contributed by atoms with van der Waals surface area (Å²) in [5.74, 6) is -0.667. The molecule has 0 aliphatic carbocycles. The Morgan fingerprint density at radius 1 is 1.56 bits per heavy atom. The van der Waals surface area contributed by atoms with Crippen molar-refractivity contribution in [2.24, 2.45) is 5.41 Å². The Bertz CT molecular complexity index is 263. The van der Waals surface area contributed by atoms with Gasteiger partial charge in [-0.2, -0.15) is 0 Å². The molecule has 2 saturated heterocycles. The van der Waals surface area contributed by atoms with Crippen LogP contribution in [0.4, 0.5) is 0 Å². The van der Waals surface area contributed by atoms with Gasteiger partial charge in [-0.25, -0.2) is 0 Å². The van der Waals surface area contributed by atoms with Crippen LogP contribution in [0.5, 0.6) is 0 Å². The zero-order valence-corrected chi connectivity index (χ0v) is 9.95.